The van der Waals surface area contributed by atoms with Gasteiger partial charge in [-0.25, -0.2) is 0 Å². The van der Waals surface area contributed by atoms with Gasteiger partial charge in [-0.15, -0.1) is 0 Å². The molecule has 1 aliphatic rings. The van der Waals surface area contributed by atoms with Crippen LogP contribution in [0.25, 0.3) is 0 Å². The van der Waals surface area contributed by atoms with Gasteiger partial charge in [-0.2, -0.15) is 0 Å². The van der Waals surface area contributed by atoms with E-state index in [0.717, 1.165) is 18.8 Å². The van der Waals surface area contributed by atoms with E-state index < -0.39 is 0 Å². The maximum absolute atomic E-state index is 4.46. The molecule has 3 nitrogen and oxygen atoms in total. The third-order valence-electron chi connectivity index (χ3n) is 3.94. The van der Waals surface area contributed by atoms with Crippen LogP contribution in [0.1, 0.15) is 37.1 Å². The normalized spacial score (nSPS) is 25.3. The Labute approximate surface area is 111 Å². The van der Waals surface area contributed by atoms with Crippen LogP contribution in [-0.2, 0) is 0 Å². The number of likely N-dealkylation sites (tertiary alicyclic amines) is 1. The predicted octanol–water partition coefficient (Wildman–Crippen LogP) is 2.38. The first-order valence-electron chi connectivity index (χ1n) is 7.06. The Morgan fingerprint density at radius 2 is 2.28 bits per heavy atom. The minimum Gasteiger partial charge on any atom is -0.317 e. The van der Waals surface area contributed by atoms with Gasteiger partial charge in [0.25, 0.3) is 0 Å². The Morgan fingerprint density at radius 3 is 2.94 bits per heavy atom. The molecule has 0 radical (unpaired) electrons. The second-order valence-electron chi connectivity index (χ2n) is 5.37. The lowest BCUT2D eigenvalue weighted by molar-refractivity contribution is 0.119. The molecule has 3 heteroatoms. The average molecular weight is 247 g/mol. The van der Waals surface area contributed by atoms with E-state index >= 15 is 0 Å². The van der Waals surface area contributed by atoms with E-state index in [0.29, 0.717) is 12.0 Å². The minimum atomic E-state index is 0.519. The molecule has 1 aromatic heterocycles. The lowest BCUT2D eigenvalue weighted by Crippen LogP contribution is -2.40. The van der Waals surface area contributed by atoms with Crippen molar-refractivity contribution in [3.8, 4) is 0 Å². The Bertz CT molecular complexity index is 361. The van der Waals surface area contributed by atoms with Crippen molar-refractivity contribution < 1.29 is 0 Å². The molecule has 18 heavy (non-hydrogen) atoms. The maximum Gasteiger partial charge on any atom is 0.0400 e. The molecular formula is C15H25N3. The molecule has 0 aromatic carbocycles. The summed E-state index contributed by atoms with van der Waals surface area (Å²) in [6, 6.07) is 4.89. The van der Waals surface area contributed by atoms with Crippen molar-refractivity contribution in [1.29, 1.82) is 0 Å². The van der Waals surface area contributed by atoms with E-state index in [4.69, 9.17) is 0 Å². The molecular weight excluding hydrogens is 222 g/mol. The Balaban J connectivity index is 2.15. The fourth-order valence-electron chi connectivity index (χ4n) is 2.98. The van der Waals surface area contributed by atoms with E-state index in [9.17, 15) is 0 Å². The van der Waals surface area contributed by atoms with Crippen LogP contribution in [0.2, 0.25) is 0 Å². The van der Waals surface area contributed by atoms with Crippen LogP contribution in [-0.4, -0.2) is 36.6 Å². The van der Waals surface area contributed by atoms with Crippen LogP contribution >= 0.6 is 0 Å². The van der Waals surface area contributed by atoms with Crippen molar-refractivity contribution in [2.45, 2.75) is 32.7 Å². The second kappa shape index (κ2) is 6.30. The van der Waals surface area contributed by atoms with Crippen LogP contribution in [0, 0.1) is 12.8 Å². The summed E-state index contributed by atoms with van der Waals surface area (Å²) in [5, 5.41) is 3.50. The lowest BCUT2D eigenvalue weighted by atomic mass is 9.85. The van der Waals surface area contributed by atoms with Gasteiger partial charge in [-0.1, -0.05) is 13.0 Å². The molecule has 1 saturated heterocycles. The molecule has 1 N–H and O–H groups in total. The first-order chi connectivity index (χ1) is 8.72. The molecule has 100 valence electrons. The molecule has 2 unspecified atom stereocenters. The van der Waals surface area contributed by atoms with Gasteiger partial charge in [0.15, 0.2) is 0 Å². The van der Waals surface area contributed by atoms with Gasteiger partial charge in [0.2, 0.25) is 0 Å². The van der Waals surface area contributed by atoms with E-state index in [1.54, 1.807) is 0 Å². The van der Waals surface area contributed by atoms with Gasteiger partial charge < -0.3 is 5.32 Å². The molecule has 0 amide bonds. The van der Waals surface area contributed by atoms with Gasteiger partial charge >= 0.3 is 0 Å². The molecule has 0 saturated carbocycles. The third-order valence-corrected chi connectivity index (χ3v) is 3.94. The summed E-state index contributed by atoms with van der Waals surface area (Å²) in [6.07, 6.45) is 4.68. The molecule has 1 fully saturated rings. The topological polar surface area (TPSA) is 28.2 Å². The highest BCUT2D eigenvalue weighted by atomic mass is 15.1. The van der Waals surface area contributed by atoms with Crippen LogP contribution in [0.15, 0.2) is 18.3 Å². The lowest BCUT2D eigenvalue weighted by Gasteiger charge is -2.39. The molecule has 1 aliphatic heterocycles. The number of piperidine rings is 1. The van der Waals surface area contributed by atoms with Crippen molar-refractivity contribution in [3.05, 3.63) is 29.6 Å². The predicted molar refractivity (Wildman–Crippen MR) is 75.6 cm³/mol. The summed E-state index contributed by atoms with van der Waals surface area (Å²) in [5.41, 5.74) is 2.46. The average Bonchev–Trinajstić information content (AvgIpc) is 2.38. The number of nitrogens with one attached hydrogen (secondary N) is 1. The molecule has 0 aliphatic carbocycles. The number of rotatable bonds is 4. The smallest absolute Gasteiger partial charge is 0.0400 e. The molecule has 2 heterocycles. The highest BCUT2D eigenvalue weighted by molar-refractivity contribution is 5.19. The Hall–Kier alpha value is -0.930. The fraction of sp³-hybridized carbons (Fsp3) is 0.667. The zero-order valence-corrected chi connectivity index (χ0v) is 11.8. The number of pyridine rings is 1. The van der Waals surface area contributed by atoms with Crippen molar-refractivity contribution in [3.63, 3.8) is 0 Å². The Morgan fingerprint density at radius 1 is 1.44 bits per heavy atom. The summed E-state index contributed by atoms with van der Waals surface area (Å²) >= 11 is 0. The van der Waals surface area contributed by atoms with E-state index in [-0.39, 0.29) is 0 Å². The number of aryl methyl sites for hydroxylation is 1. The van der Waals surface area contributed by atoms with Gasteiger partial charge in [0.05, 0.1) is 0 Å². The van der Waals surface area contributed by atoms with Crippen LogP contribution < -0.4 is 5.32 Å². The number of hydrogen-bond donors (Lipinski definition) is 1. The summed E-state index contributed by atoms with van der Waals surface area (Å²) in [7, 11) is 2.24. The van der Waals surface area contributed by atoms with Crippen LogP contribution in [0.5, 0.6) is 0 Å². The van der Waals surface area contributed by atoms with Crippen LogP contribution in [0.3, 0.4) is 0 Å². The van der Waals surface area contributed by atoms with E-state index in [1.807, 2.05) is 6.92 Å². The number of aromatic nitrogens is 1. The minimum absolute atomic E-state index is 0.519. The van der Waals surface area contributed by atoms with Crippen molar-refractivity contribution in [2.75, 3.05) is 26.7 Å². The fourth-order valence-corrected chi connectivity index (χ4v) is 2.98. The second-order valence-corrected chi connectivity index (χ2v) is 5.37. The molecule has 2 rings (SSSR count). The van der Waals surface area contributed by atoms with E-state index in [1.165, 1.54) is 24.9 Å². The molecule has 0 spiro atoms. The standard InChI is InChI=1S/C15H25N3/c1-4-16-10-13-6-5-9-18(3)15(13)14-8-7-12(2)17-11-14/h7-8,11,13,15-16H,4-6,9-10H2,1-3H3. The van der Waals surface area contributed by atoms with Gasteiger partial charge in [0, 0.05) is 17.9 Å². The number of hydrogen-bond acceptors (Lipinski definition) is 3. The van der Waals surface area contributed by atoms with Gasteiger partial charge in [0.1, 0.15) is 0 Å². The summed E-state index contributed by atoms with van der Waals surface area (Å²) in [4.78, 5) is 6.94. The Kier molecular flexibility index (Phi) is 4.72. The SMILES string of the molecule is CCNCC1CCCN(C)C1c1ccc(C)nc1. The quantitative estimate of drug-likeness (QED) is 0.885. The van der Waals surface area contributed by atoms with Crippen molar-refractivity contribution in [1.82, 2.24) is 15.2 Å². The highest BCUT2D eigenvalue weighted by Gasteiger charge is 2.30. The van der Waals surface area contributed by atoms with Crippen LogP contribution in [0.4, 0.5) is 0 Å². The first-order valence-corrected chi connectivity index (χ1v) is 7.06. The molecule has 2 atom stereocenters. The first kappa shape index (κ1) is 13.5. The number of nitrogens with zero attached hydrogens (tertiary/aromatic N) is 2. The maximum atomic E-state index is 4.46. The van der Waals surface area contributed by atoms with E-state index in [2.05, 4.69) is 47.5 Å². The molecule has 0 bridgehead atoms. The summed E-state index contributed by atoms with van der Waals surface area (Å²) < 4.78 is 0. The molecule has 1 aromatic rings. The summed E-state index contributed by atoms with van der Waals surface area (Å²) in [6.45, 7) is 7.58. The summed E-state index contributed by atoms with van der Waals surface area (Å²) in [5.74, 6) is 0.702. The highest BCUT2D eigenvalue weighted by Crippen LogP contribution is 2.34. The third kappa shape index (κ3) is 3.09. The van der Waals surface area contributed by atoms with Crippen molar-refractivity contribution >= 4 is 0 Å². The largest absolute Gasteiger partial charge is 0.317 e. The van der Waals surface area contributed by atoms with Crippen molar-refractivity contribution in [2.24, 2.45) is 5.92 Å². The zero-order chi connectivity index (χ0) is 13.0. The van der Waals surface area contributed by atoms with Gasteiger partial charge in [-0.05, 0) is 64.0 Å². The van der Waals surface area contributed by atoms with Gasteiger partial charge in [-0.3, -0.25) is 9.88 Å². The zero-order valence-electron chi connectivity index (χ0n) is 11.8. The monoisotopic (exact) mass is 247 g/mol.